The Balaban J connectivity index is 0.00000200. The number of nitrogens with zero attached hydrogens (tertiary/aromatic N) is 1. The van der Waals surface area contributed by atoms with Gasteiger partial charge < -0.3 is 10.2 Å². The summed E-state index contributed by atoms with van der Waals surface area (Å²) < 4.78 is 0. The Hall–Kier alpha value is -0.480. The number of carbonyl (C=O) groups excluding carboxylic acids is 1. The minimum Gasteiger partial charge on any atom is -0.334 e. The van der Waals surface area contributed by atoms with Gasteiger partial charge in [0.25, 0.3) is 5.91 Å². The number of carbonyl (C=O) groups is 1. The molecule has 1 heterocycles. The van der Waals surface area contributed by atoms with Crippen molar-refractivity contribution in [1.82, 2.24) is 10.2 Å². The molecule has 1 saturated heterocycles. The topological polar surface area (TPSA) is 32.3 Å². The molecule has 20 heavy (non-hydrogen) atoms. The number of hydrogen-bond donors (Lipinski definition) is 1. The van der Waals surface area contributed by atoms with Gasteiger partial charge in [0.2, 0.25) is 0 Å². The second kappa shape index (κ2) is 8.08. The maximum Gasteiger partial charge on any atom is 0.255 e. The van der Waals surface area contributed by atoms with E-state index in [9.17, 15) is 4.79 Å². The first-order valence-electron chi connectivity index (χ1n) is 6.60. The van der Waals surface area contributed by atoms with E-state index in [-0.39, 0.29) is 24.4 Å². The van der Waals surface area contributed by atoms with E-state index in [0.29, 0.717) is 15.6 Å². The molecule has 0 radical (unpaired) electrons. The molecule has 0 aliphatic carbocycles. The lowest BCUT2D eigenvalue weighted by Crippen LogP contribution is -2.42. The Labute approximate surface area is 136 Å². The SMILES string of the molecule is CCCN(C(=O)c1cc(Cl)ccc1Cl)C1CCNC1.Cl. The van der Waals surface area contributed by atoms with Gasteiger partial charge in [-0.2, -0.15) is 0 Å². The van der Waals surface area contributed by atoms with Gasteiger partial charge in [-0.05, 0) is 37.6 Å². The fourth-order valence-corrected chi connectivity index (χ4v) is 2.78. The van der Waals surface area contributed by atoms with Crippen molar-refractivity contribution in [3.8, 4) is 0 Å². The van der Waals surface area contributed by atoms with Gasteiger partial charge in [0.05, 0.1) is 10.6 Å². The fourth-order valence-electron chi connectivity index (χ4n) is 2.41. The van der Waals surface area contributed by atoms with Crippen molar-refractivity contribution >= 4 is 41.5 Å². The molecule has 0 spiro atoms. The van der Waals surface area contributed by atoms with E-state index in [1.165, 1.54) is 0 Å². The highest BCUT2D eigenvalue weighted by molar-refractivity contribution is 6.35. The summed E-state index contributed by atoms with van der Waals surface area (Å²) in [7, 11) is 0. The highest BCUT2D eigenvalue weighted by atomic mass is 35.5. The summed E-state index contributed by atoms with van der Waals surface area (Å²) in [6, 6.07) is 5.27. The zero-order chi connectivity index (χ0) is 13.8. The lowest BCUT2D eigenvalue weighted by Gasteiger charge is -2.28. The number of nitrogens with one attached hydrogen (secondary N) is 1. The van der Waals surface area contributed by atoms with E-state index in [1.54, 1.807) is 18.2 Å². The van der Waals surface area contributed by atoms with Gasteiger partial charge in [0.15, 0.2) is 0 Å². The second-order valence-corrected chi connectivity index (χ2v) is 5.61. The minimum atomic E-state index is -0.0250. The highest BCUT2D eigenvalue weighted by Crippen LogP contribution is 2.24. The molecular formula is C14H19Cl3N2O. The van der Waals surface area contributed by atoms with Crippen molar-refractivity contribution in [2.24, 2.45) is 0 Å². The van der Waals surface area contributed by atoms with Gasteiger partial charge in [-0.25, -0.2) is 0 Å². The van der Waals surface area contributed by atoms with E-state index in [0.717, 1.165) is 32.5 Å². The largest absolute Gasteiger partial charge is 0.334 e. The van der Waals surface area contributed by atoms with Crippen molar-refractivity contribution in [1.29, 1.82) is 0 Å². The van der Waals surface area contributed by atoms with Crippen LogP contribution in [0.4, 0.5) is 0 Å². The van der Waals surface area contributed by atoms with E-state index < -0.39 is 0 Å². The number of hydrogen-bond acceptors (Lipinski definition) is 2. The lowest BCUT2D eigenvalue weighted by molar-refractivity contribution is 0.0692. The summed E-state index contributed by atoms with van der Waals surface area (Å²) in [5, 5.41) is 4.29. The summed E-state index contributed by atoms with van der Waals surface area (Å²) in [4.78, 5) is 14.6. The second-order valence-electron chi connectivity index (χ2n) is 4.77. The summed E-state index contributed by atoms with van der Waals surface area (Å²) in [6.45, 7) is 4.63. The molecule has 1 amide bonds. The van der Waals surface area contributed by atoms with Crippen molar-refractivity contribution < 1.29 is 4.79 Å². The number of halogens is 3. The van der Waals surface area contributed by atoms with Crippen molar-refractivity contribution in [2.45, 2.75) is 25.8 Å². The van der Waals surface area contributed by atoms with E-state index in [4.69, 9.17) is 23.2 Å². The molecular weight excluding hydrogens is 319 g/mol. The molecule has 0 aromatic heterocycles. The first-order valence-corrected chi connectivity index (χ1v) is 7.35. The average Bonchev–Trinajstić information content (AvgIpc) is 2.92. The van der Waals surface area contributed by atoms with E-state index in [1.807, 2.05) is 4.90 Å². The van der Waals surface area contributed by atoms with Crippen LogP contribution in [0.25, 0.3) is 0 Å². The van der Waals surface area contributed by atoms with Crippen LogP contribution in [-0.4, -0.2) is 36.5 Å². The standard InChI is InChI=1S/C14H18Cl2N2O.ClH/c1-2-7-18(11-5-6-17-9-11)14(19)12-8-10(15)3-4-13(12)16;/h3-4,8,11,17H,2,5-7,9H2,1H3;1H. The molecule has 1 aromatic carbocycles. The molecule has 2 rings (SSSR count). The number of benzene rings is 1. The predicted molar refractivity (Wildman–Crippen MR) is 86.3 cm³/mol. The van der Waals surface area contributed by atoms with Crippen molar-refractivity contribution in [3.63, 3.8) is 0 Å². The third-order valence-corrected chi connectivity index (χ3v) is 3.92. The third kappa shape index (κ3) is 4.01. The molecule has 1 unspecified atom stereocenters. The van der Waals surface area contributed by atoms with Crippen LogP contribution in [0.1, 0.15) is 30.1 Å². The average molecular weight is 338 g/mol. The molecule has 0 saturated carbocycles. The van der Waals surface area contributed by atoms with Crippen LogP contribution in [0, 0.1) is 0 Å². The van der Waals surface area contributed by atoms with Crippen LogP contribution in [0.15, 0.2) is 18.2 Å². The van der Waals surface area contributed by atoms with Gasteiger partial charge in [-0.1, -0.05) is 30.1 Å². The predicted octanol–water partition coefficient (Wildman–Crippen LogP) is 3.63. The Morgan fingerprint density at radius 3 is 2.80 bits per heavy atom. The van der Waals surface area contributed by atoms with E-state index in [2.05, 4.69) is 12.2 Å². The zero-order valence-corrected chi connectivity index (χ0v) is 13.7. The number of amides is 1. The van der Waals surface area contributed by atoms with Gasteiger partial charge in [-0.3, -0.25) is 4.79 Å². The van der Waals surface area contributed by atoms with Crippen molar-refractivity contribution in [2.75, 3.05) is 19.6 Å². The molecule has 1 aromatic rings. The van der Waals surface area contributed by atoms with Crippen LogP contribution >= 0.6 is 35.6 Å². The summed E-state index contributed by atoms with van der Waals surface area (Å²) in [6.07, 6.45) is 1.92. The molecule has 1 atom stereocenters. The fraction of sp³-hybridized carbons (Fsp3) is 0.500. The minimum absolute atomic E-state index is 0. The molecule has 0 bridgehead atoms. The first-order chi connectivity index (χ1) is 9.13. The van der Waals surface area contributed by atoms with Crippen molar-refractivity contribution in [3.05, 3.63) is 33.8 Å². The summed E-state index contributed by atoms with van der Waals surface area (Å²) in [5.41, 5.74) is 0.495. The summed E-state index contributed by atoms with van der Waals surface area (Å²) in [5.74, 6) is -0.0250. The highest BCUT2D eigenvalue weighted by Gasteiger charge is 2.27. The monoisotopic (exact) mass is 336 g/mol. The van der Waals surface area contributed by atoms with Gasteiger partial charge in [0.1, 0.15) is 0 Å². The number of rotatable bonds is 4. The Morgan fingerprint density at radius 2 is 2.20 bits per heavy atom. The Kier molecular flexibility index (Phi) is 7.10. The van der Waals surface area contributed by atoms with Crippen LogP contribution < -0.4 is 5.32 Å². The van der Waals surface area contributed by atoms with E-state index >= 15 is 0 Å². The third-order valence-electron chi connectivity index (χ3n) is 3.36. The first kappa shape index (κ1) is 17.6. The molecule has 1 aliphatic rings. The zero-order valence-electron chi connectivity index (χ0n) is 11.4. The molecule has 6 heteroatoms. The lowest BCUT2D eigenvalue weighted by atomic mass is 10.1. The van der Waals surface area contributed by atoms with Crippen LogP contribution in [0.3, 0.4) is 0 Å². The molecule has 1 fully saturated rings. The molecule has 1 aliphatic heterocycles. The van der Waals surface area contributed by atoms with Gasteiger partial charge in [-0.15, -0.1) is 12.4 Å². The maximum absolute atomic E-state index is 12.6. The Bertz CT molecular complexity index is 462. The molecule has 1 N–H and O–H groups in total. The van der Waals surface area contributed by atoms with Gasteiger partial charge >= 0.3 is 0 Å². The van der Waals surface area contributed by atoms with Crippen LogP contribution in [0.5, 0.6) is 0 Å². The summed E-state index contributed by atoms with van der Waals surface area (Å²) >= 11 is 12.1. The normalized spacial score (nSPS) is 17.6. The maximum atomic E-state index is 12.6. The smallest absolute Gasteiger partial charge is 0.255 e. The van der Waals surface area contributed by atoms with Gasteiger partial charge in [0, 0.05) is 24.2 Å². The van der Waals surface area contributed by atoms with Crippen LogP contribution in [0.2, 0.25) is 10.0 Å². The van der Waals surface area contributed by atoms with Crippen LogP contribution in [-0.2, 0) is 0 Å². The quantitative estimate of drug-likeness (QED) is 0.910. The Morgan fingerprint density at radius 1 is 1.45 bits per heavy atom. The molecule has 3 nitrogen and oxygen atoms in total. The molecule has 112 valence electrons.